The third-order valence-corrected chi connectivity index (χ3v) is 2.76. The van der Waals surface area contributed by atoms with Crippen LogP contribution < -0.4 is 0 Å². The fourth-order valence-corrected chi connectivity index (χ4v) is 1.53. The van der Waals surface area contributed by atoms with E-state index in [0.29, 0.717) is 6.42 Å². The number of unbranched alkanes of at least 4 members (excludes halogenated alkanes) is 3. The number of aliphatic hydroxyl groups is 2. The van der Waals surface area contributed by atoms with Crippen LogP contribution in [0.15, 0.2) is 0 Å². The molecule has 6 nitrogen and oxygen atoms in total. The molecular formula is C14H26O6. The molecule has 0 saturated carbocycles. The van der Waals surface area contributed by atoms with Crippen molar-refractivity contribution in [3.8, 4) is 0 Å². The third kappa shape index (κ3) is 8.87. The molecule has 0 aliphatic heterocycles. The zero-order valence-corrected chi connectivity index (χ0v) is 12.5. The lowest BCUT2D eigenvalue weighted by atomic mass is 10.1. The van der Waals surface area contributed by atoms with E-state index < -0.39 is 30.3 Å². The van der Waals surface area contributed by atoms with Gasteiger partial charge in [0, 0.05) is 0 Å². The number of esters is 2. The molecule has 0 aromatic heterocycles. The molecule has 3 unspecified atom stereocenters. The normalized spacial score (nSPS) is 15.2. The molecule has 0 aromatic carbocycles. The molecule has 3 atom stereocenters. The van der Waals surface area contributed by atoms with Crippen LogP contribution in [0, 0.1) is 0 Å². The first-order chi connectivity index (χ1) is 9.38. The lowest BCUT2D eigenvalue weighted by Gasteiger charge is -2.19. The monoisotopic (exact) mass is 290 g/mol. The Kier molecular flexibility index (Phi) is 10.0. The van der Waals surface area contributed by atoms with E-state index in [4.69, 9.17) is 19.7 Å². The third-order valence-electron chi connectivity index (χ3n) is 2.76. The van der Waals surface area contributed by atoms with Gasteiger partial charge in [-0.05, 0) is 26.7 Å². The Labute approximate surface area is 120 Å². The summed E-state index contributed by atoms with van der Waals surface area (Å²) in [5.41, 5.74) is 0. The van der Waals surface area contributed by atoms with Crippen molar-refractivity contribution in [1.82, 2.24) is 0 Å². The molecule has 0 bridgehead atoms. The molecule has 0 radical (unpaired) electrons. The minimum Gasteiger partial charge on any atom is -0.460 e. The van der Waals surface area contributed by atoms with Crippen LogP contribution in [0.4, 0.5) is 0 Å². The van der Waals surface area contributed by atoms with E-state index in [-0.39, 0.29) is 6.61 Å². The van der Waals surface area contributed by atoms with Crippen LogP contribution in [0.5, 0.6) is 0 Å². The second-order valence-corrected chi connectivity index (χ2v) is 4.89. The highest BCUT2D eigenvalue weighted by molar-refractivity contribution is 5.74. The summed E-state index contributed by atoms with van der Waals surface area (Å²) in [6.45, 7) is 4.61. The molecule has 118 valence electrons. The van der Waals surface area contributed by atoms with Crippen molar-refractivity contribution in [2.75, 3.05) is 6.61 Å². The van der Waals surface area contributed by atoms with Crippen molar-refractivity contribution >= 4 is 11.9 Å². The minimum absolute atomic E-state index is 0.103. The quantitative estimate of drug-likeness (QED) is 0.463. The Bertz CT molecular complexity index is 287. The Hall–Kier alpha value is -1.14. The highest BCUT2D eigenvalue weighted by Crippen LogP contribution is 2.10. The molecule has 0 aromatic rings. The minimum atomic E-state index is -1.21. The van der Waals surface area contributed by atoms with E-state index >= 15 is 0 Å². The highest BCUT2D eigenvalue weighted by atomic mass is 16.6. The van der Waals surface area contributed by atoms with Crippen molar-refractivity contribution < 1.29 is 29.3 Å². The van der Waals surface area contributed by atoms with Crippen molar-refractivity contribution in [3.05, 3.63) is 0 Å². The van der Waals surface area contributed by atoms with Gasteiger partial charge in [0.2, 0.25) is 0 Å². The fraction of sp³-hybridized carbons (Fsp3) is 0.857. The molecule has 0 heterocycles. The molecule has 0 rings (SSSR count). The van der Waals surface area contributed by atoms with Gasteiger partial charge >= 0.3 is 11.9 Å². The fourth-order valence-electron chi connectivity index (χ4n) is 1.53. The molecule has 0 amide bonds. The Morgan fingerprint density at radius 1 is 1.00 bits per heavy atom. The average molecular weight is 290 g/mol. The van der Waals surface area contributed by atoms with Crippen LogP contribution in [0.1, 0.15) is 52.9 Å². The van der Waals surface area contributed by atoms with Gasteiger partial charge in [-0.25, -0.2) is 9.59 Å². The van der Waals surface area contributed by atoms with E-state index in [9.17, 15) is 9.59 Å². The van der Waals surface area contributed by atoms with E-state index in [1.807, 2.05) is 0 Å². The van der Waals surface area contributed by atoms with Gasteiger partial charge < -0.3 is 19.7 Å². The van der Waals surface area contributed by atoms with Crippen LogP contribution in [0.25, 0.3) is 0 Å². The maximum absolute atomic E-state index is 11.4. The number of carbonyl (C=O) groups excluding carboxylic acids is 2. The summed E-state index contributed by atoms with van der Waals surface area (Å²) in [6.07, 6.45) is 1.59. The van der Waals surface area contributed by atoms with Gasteiger partial charge in [0.15, 0.2) is 0 Å². The van der Waals surface area contributed by atoms with Gasteiger partial charge in [-0.15, -0.1) is 0 Å². The summed E-state index contributed by atoms with van der Waals surface area (Å²) < 4.78 is 9.93. The Morgan fingerprint density at radius 3 is 2.10 bits per heavy atom. The smallest absolute Gasteiger partial charge is 0.335 e. The van der Waals surface area contributed by atoms with Crippen LogP contribution in [0.3, 0.4) is 0 Å². The molecule has 20 heavy (non-hydrogen) atoms. The van der Waals surface area contributed by atoms with Gasteiger partial charge in [-0.2, -0.15) is 0 Å². The molecule has 0 spiro atoms. The van der Waals surface area contributed by atoms with Gasteiger partial charge in [0.05, 0.1) is 0 Å². The molecular weight excluding hydrogens is 264 g/mol. The van der Waals surface area contributed by atoms with Gasteiger partial charge in [-0.3, -0.25) is 0 Å². The van der Waals surface area contributed by atoms with E-state index in [1.54, 1.807) is 0 Å². The average Bonchev–Trinajstić information content (AvgIpc) is 2.39. The van der Waals surface area contributed by atoms with Crippen molar-refractivity contribution in [2.24, 2.45) is 0 Å². The Balaban J connectivity index is 4.23. The van der Waals surface area contributed by atoms with Crippen molar-refractivity contribution in [2.45, 2.75) is 71.2 Å². The number of aliphatic hydroxyl groups excluding tert-OH is 2. The number of ether oxygens (including phenoxy) is 2. The lowest BCUT2D eigenvalue weighted by molar-refractivity contribution is -0.168. The topological polar surface area (TPSA) is 93.1 Å². The predicted octanol–water partition coefficient (Wildman–Crippen LogP) is 1.17. The first-order valence-corrected chi connectivity index (χ1v) is 7.11. The molecule has 0 fully saturated rings. The zero-order chi connectivity index (χ0) is 15.5. The molecule has 6 heteroatoms. The van der Waals surface area contributed by atoms with E-state index in [0.717, 1.165) is 25.7 Å². The van der Waals surface area contributed by atoms with Crippen LogP contribution >= 0.6 is 0 Å². The van der Waals surface area contributed by atoms with E-state index in [1.165, 1.54) is 13.8 Å². The summed E-state index contributed by atoms with van der Waals surface area (Å²) in [4.78, 5) is 22.5. The van der Waals surface area contributed by atoms with Crippen molar-refractivity contribution in [1.29, 1.82) is 0 Å². The summed E-state index contributed by atoms with van der Waals surface area (Å²) in [6, 6.07) is 0. The lowest BCUT2D eigenvalue weighted by Crippen LogP contribution is -2.31. The first kappa shape index (κ1) is 18.9. The summed E-state index contributed by atoms with van der Waals surface area (Å²) >= 11 is 0. The van der Waals surface area contributed by atoms with Crippen LogP contribution in [0.2, 0.25) is 0 Å². The first-order valence-electron chi connectivity index (χ1n) is 7.11. The van der Waals surface area contributed by atoms with Crippen LogP contribution in [-0.2, 0) is 19.1 Å². The largest absolute Gasteiger partial charge is 0.460 e. The van der Waals surface area contributed by atoms with Crippen molar-refractivity contribution in [3.63, 3.8) is 0 Å². The maximum atomic E-state index is 11.4. The molecule has 0 aliphatic carbocycles. The number of hydrogen-bond acceptors (Lipinski definition) is 6. The summed E-state index contributed by atoms with van der Waals surface area (Å²) in [5, 5.41) is 18.2. The predicted molar refractivity (Wildman–Crippen MR) is 73.0 cm³/mol. The Morgan fingerprint density at radius 2 is 1.60 bits per heavy atom. The highest BCUT2D eigenvalue weighted by Gasteiger charge is 2.20. The zero-order valence-electron chi connectivity index (χ0n) is 12.5. The molecule has 0 saturated heterocycles. The maximum Gasteiger partial charge on any atom is 0.335 e. The second-order valence-electron chi connectivity index (χ2n) is 4.89. The standard InChI is InChI=1S/C14H26O6/c1-4-5-6-7-8-12(20-14(18)11(3)16)9-19-13(17)10(2)15/h10-12,15-16H,4-9H2,1-3H3. The van der Waals surface area contributed by atoms with Gasteiger partial charge in [0.25, 0.3) is 0 Å². The summed E-state index contributed by atoms with van der Waals surface area (Å²) in [5.74, 6) is -1.49. The number of hydrogen-bond donors (Lipinski definition) is 2. The molecule has 0 aliphatic rings. The summed E-state index contributed by atoms with van der Waals surface area (Å²) in [7, 11) is 0. The number of rotatable bonds is 10. The SMILES string of the molecule is CCCCCCC(COC(=O)C(C)O)OC(=O)C(C)O. The number of carbonyl (C=O) groups is 2. The van der Waals surface area contributed by atoms with Gasteiger partial charge in [0.1, 0.15) is 24.9 Å². The molecule has 2 N–H and O–H groups in total. The second kappa shape index (κ2) is 10.6. The van der Waals surface area contributed by atoms with Gasteiger partial charge in [-0.1, -0.05) is 26.2 Å². The van der Waals surface area contributed by atoms with Crippen LogP contribution in [-0.4, -0.2) is 47.1 Å². The van der Waals surface area contributed by atoms with E-state index in [2.05, 4.69) is 6.92 Å².